The number of hydrogen-bond donors (Lipinski definition) is 2. The predicted molar refractivity (Wildman–Crippen MR) is 127 cm³/mol. The van der Waals surface area contributed by atoms with Crippen molar-refractivity contribution in [3.8, 4) is 5.69 Å². The monoisotopic (exact) mass is 477 g/mol. The van der Waals surface area contributed by atoms with E-state index >= 15 is 0 Å². The van der Waals surface area contributed by atoms with Gasteiger partial charge in [-0.25, -0.2) is 4.79 Å². The Labute approximate surface area is 196 Å². The SMILES string of the molecule is Cc1cccc(CSc2nnc(CNC(=O)NC(C)(C)C)n2-c2ccc(Cl)cc2Cl)c1. The topological polar surface area (TPSA) is 71.8 Å². The molecule has 0 saturated carbocycles. The number of aromatic nitrogens is 3. The number of aryl methyl sites for hydroxylation is 1. The van der Waals surface area contributed by atoms with Gasteiger partial charge in [0.25, 0.3) is 0 Å². The van der Waals surface area contributed by atoms with Crippen molar-refractivity contribution in [3.05, 3.63) is 69.5 Å². The summed E-state index contributed by atoms with van der Waals surface area (Å²) in [5, 5.41) is 16.1. The summed E-state index contributed by atoms with van der Waals surface area (Å²) in [7, 11) is 0. The lowest BCUT2D eigenvalue weighted by molar-refractivity contribution is 0.231. The minimum Gasteiger partial charge on any atom is -0.334 e. The molecule has 0 aliphatic carbocycles. The molecule has 3 rings (SSSR count). The first kappa shape index (κ1) is 23.4. The van der Waals surface area contributed by atoms with E-state index in [0.717, 1.165) is 5.75 Å². The molecular formula is C22H25Cl2N5OS. The summed E-state index contributed by atoms with van der Waals surface area (Å²) in [5.74, 6) is 1.29. The van der Waals surface area contributed by atoms with Crippen LogP contribution in [0.3, 0.4) is 0 Å². The Morgan fingerprint density at radius 3 is 2.58 bits per heavy atom. The molecule has 0 spiro atoms. The van der Waals surface area contributed by atoms with E-state index in [-0.39, 0.29) is 18.1 Å². The lowest BCUT2D eigenvalue weighted by Gasteiger charge is -2.20. The number of hydrogen-bond acceptors (Lipinski definition) is 4. The molecule has 6 nitrogen and oxygen atoms in total. The zero-order chi connectivity index (χ0) is 22.6. The maximum Gasteiger partial charge on any atom is 0.315 e. The van der Waals surface area contributed by atoms with E-state index < -0.39 is 0 Å². The molecule has 0 atom stereocenters. The third-order valence-corrected chi connectivity index (χ3v) is 5.73. The van der Waals surface area contributed by atoms with Crippen LogP contribution in [0.1, 0.15) is 37.7 Å². The maximum absolute atomic E-state index is 12.2. The number of nitrogens with zero attached hydrogens (tertiary/aromatic N) is 3. The van der Waals surface area contributed by atoms with Crippen LogP contribution in [0.15, 0.2) is 47.6 Å². The fourth-order valence-corrected chi connectivity index (χ4v) is 4.31. The first-order valence-electron chi connectivity index (χ1n) is 9.76. The second-order valence-corrected chi connectivity index (χ2v) is 9.95. The summed E-state index contributed by atoms with van der Waals surface area (Å²) < 4.78 is 1.86. The minimum absolute atomic E-state index is 0.193. The minimum atomic E-state index is -0.341. The number of carbonyl (C=O) groups excluding carboxylic acids is 1. The molecule has 1 aromatic heterocycles. The van der Waals surface area contributed by atoms with Crippen LogP contribution in [0.25, 0.3) is 5.69 Å². The average Bonchev–Trinajstić information content (AvgIpc) is 3.06. The van der Waals surface area contributed by atoms with Gasteiger partial charge in [-0.1, -0.05) is 64.8 Å². The largest absolute Gasteiger partial charge is 0.334 e. The van der Waals surface area contributed by atoms with Gasteiger partial charge in [0.2, 0.25) is 0 Å². The van der Waals surface area contributed by atoms with Gasteiger partial charge in [-0.2, -0.15) is 0 Å². The Hall–Kier alpha value is -2.22. The standard InChI is InChI=1S/C22H25Cl2N5OS/c1-14-6-5-7-15(10-14)13-31-21-28-27-19(12-25-20(30)26-22(2,3)4)29(21)18-9-8-16(23)11-17(18)24/h5-11H,12-13H2,1-4H3,(H2,25,26,30). The lowest BCUT2D eigenvalue weighted by atomic mass is 10.1. The molecule has 2 N–H and O–H groups in total. The quantitative estimate of drug-likeness (QED) is 0.441. The Morgan fingerprint density at radius 1 is 1.13 bits per heavy atom. The molecule has 0 fully saturated rings. The van der Waals surface area contributed by atoms with Crippen molar-refractivity contribution in [3.63, 3.8) is 0 Å². The highest BCUT2D eigenvalue weighted by Gasteiger charge is 2.19. The van der Waals surface area contributed by atoms with E-state index in [1.54, 1.807) is 23.9 Å². The van der Waals surface area contributed by atoms with Gasteiger partial charge in [-0.05, 0) is 51.5 Å². The normalized spacial score (nSPS) is 11.4. The molecule has 9 heteroatoms. The molecule has 0 aliphatic rings. The van der Waals surface area contributed by atoms with Crippen molar-refractivity contribution in [1.82, 2.24) is 25.4 Å². The summed E-state index contributed by atoms with van der Waals surface area (Å²) in [6.45, 7) is 8.02. The van der Waals surface area contributed by atoms with E-state index in [0.29, 0.717) is 26.7 Å². The van der Waals surface area contributed by atoms with Crippen LogP contribution in [0.5, 0.6) is 0 Å². The Morgan fingerprint density at radius 2 is 1.90 bits per heavy atom. The van der Waals surface area contributed by atoms with Gasteiger partial charge in [-0.15, -0.1) is 10.2 Å². The first-order valence-corrected chi connectivity index (χ1v) is 11.5. The predicted octanol–water partition coefficient (Wildman–Crippen LogP) is 5.77. The summed E-state index contributed by atoms with van der Waals surface area (Å²) in [4.78, 5) is 12.2. The third kappa shape index (κ3) is 6.63. The molecule has 0 aliphatic heterocycles. The number of nitrogens with one attached hydrogen (secondary N) is 2. The number of benzene rings is 2. The molecule has 0 saturated heterocycles. The maximum atomic E-state index is 12.2. The first-order chi connectivity index (χ1) is 14.6. The number of urea groups is 1. The zero-order valence-electron chi connectivity index (χ0n) is 17.9. The molecule has 164 valence electrons. The molecule has 2 aromatic carbocycles. The lowest BCUT2D eigenvalue weighted by Crippen LogP contribution is -2.46. The van der Waals surface area contributed by atoms with Gasteiger partial charge in [0.05, 0.1) is 17.3 Å². The fraction of sp³-hybridized carbons (Fsp3) is 0.318. The van der Waals surface area contributed by atoms with Crippen LogP contribution in [-0.4, -0.2) is 26.3 Å². The Kier molecular flexibility index (Phi) is 7.51. The summed E-state index contributed by atoms with van der Waals surface area (Å²) in [5.41, 5.74) is 2.75. The van der Waals surface area contributed by atoms with Gasteiger partial charge < -0.3 is 10.6 Å². The van der Waals surface area contributed by atoms with Crippen LogP contribution >= 0.6 is 35.0 Å². The highest BCUT2D eigenvalue weighted by atomic mass is 35.5. The Bertz CT molecular complexity index is 1080. The number of halogens is 2. The second-order valence-electron chi connectivity index (χ2n) is 8.17. The molecular weight excluding hydrogens is 453 g/mol. The van der Waals surface area contributed by atoms with Crippen molar-refractivity contribution < 1.29 is 4.79 Å². The van der Waals surface area contributed by atoms with Crippen LogP contribution in [-0.2, 0) is 12.3 Å². The van der Waals surface area contributed by atoms with Gasteiger partial charge in [-0.3, -0.25) is 4.57 Å². The van der Waals surface area contributed by atoms with E-state index in [9.17, 15) is 4.79 Å². The van der Waals surface area contributed by atoms with Crippen molar-refractivity contribution in [2.24, 2.45) is 0 Å². The van der Waals surface area contributed by atoms with E-state index in [4.69, 9.17) is 23.2 Å². The summed E-state index contributed by atoms with van der Waals surface area (Å²) in [6.07, 6.45) is 0. The third-order valence-electron chi connectivity index (χ3n) is 4.20. The van der Waals surface area contributed by atoms with E-state index in [1.807, 2.05) is 37.5 Å². The number of thioether (sulfide) groups is 1. The molecule has 31 heavy (non-hydrogen) atoms. The van der Waals surface area contributed by atoms with Crippen molar-refractivity contribution in [2.45, 2.75) is 50.7 Å². The van der Waals surface area contributed by atoms with Gasteiger partial charge in [0.15, 0.2) is 11.0 Å². The highest BCUT2D eigenvalue weighted by Crippen LogP contribution is 2.30. The fourth-order valence-electron chi connectivity index (χ4n) is 2.91. The van der Waals surface area contributed by atoms with E-state index in [1.165, 1.54) is 11.1 Å². The van der Waals surface area contributed by atoms with E-state index in [2.05, 4.69) is 46.0 Å². The number of amides is 2. The smallest absolute Gasteiger partial charge is 0.315 e. The van der Waals surface area contributed by atoms with Crippen LogP contribution < -0.4 is 10.6 Å². The molecule has 0 unspecified atom stereocenters. The Balaban J connectivity index is 1.87. The van der Waals surface area contributed by atoms with Gasteiger partial charge >= 0.3 is 6.03 Å². The average molecular weight is 478 g/mol. The van der Waals surface area contributed by atoms with Gasteiger partial charge in [0, 0.05) is 16.3 Å². The number of rotatable bonds is 6. The molecule has 3 aromatic rings. The molecule has 2 amide bonds. The molecule has 0 bridgehead atoms. The van der Waals surface area contributed by atoms with Crippen molar-refractivity contribution in [2.75, 3.05) is 0 Å². The summed E-state index contributed by atoms with van der Waals surface area (Å²) in [6, 6.07) is 13.3. The molecule has 1 heterocycles. The van der Waals surface area contributed by atoms with Crippen LogP contribution in [0.2, 0.25) is 10.0 Å². The number of carbonyl (C=O) groups is 1. The van der Waals surface area contributed by atoms with Gasteiger partial charge in [0.1, 0.15) is 0 Å². The van der Waals surface area contributed by atoms with Crippen LogP contribution in [0, 0.1) is 6.92 Å². The van der Waals surface area contributed by atoms with Crippen LogP contribution in [0.4, 0.5) is 4.79 Å². The van der Waals surface area contributed by atoms with Crippen molar-refractivity contribution in [1.29, 1.82) is 0 Å². The zero-order valence-corrected chi connectivity index (χ0v) is 20.2. The highest BCUT2D eigenvalue weighted by molar-refractivity contribution is 7.98. The second kappa shape index (κ2) is 9.94. The summed E-state index contributed by atoms with van der Waals surface area (Å²) >= 11 is 14.1. The molecule has 0 radical (unpaired) electrons. The van der Waals surface area contributed by atoms with Crippen molar-refractivity contribution >= 4 is 41.0 Å².